The summed E-state index contributed by atoms with van der Waals surface area (Å²) in [6, 6.07) is 9.82. The van der Waals surface area contributed by atoms with Crippen LogP contribution in [0.5, 0.6) is 0 Å². The summed E-state index contributed by atoms with van der Waals surface area (Å²) >= 11 is 0. The van der Waals surface area contributed by atoms with Crippen LogP contribution in [-0.4, -0.2) is 47.9 Å². The molecule has 0 unspecified atom stereocenters. The van der Waals surface area contributed by atoms with E-state index in [-0.39, 0.29) is 11.8 Å². The zero-order valence-corrected chi connectivity index (χ0v) is 15.1. The third-order valence-electron chi connectivity index (χ3n) is 5.23. The highest BCUT2D eigenvalue weighted by molar-refractivity contribution is 5.93. The number of aromatic nitrogens is 5. The molecule has 0 radical (unpaired) electrons. The highest BCUT2D eigenvalue weighted by atomic mass is 16.2. The monoisotopic (exact) mass is 360 g/mol. The Kier molecular flexibility index (Phi) is 3.67. The normalized spacial score (nSPS) is 17.7. The van der Waals surface area contributed by atoms with E-state index >= 15 is 0 Å². The zero-order valence-electron chi connectivity index (χ0n) is 15.1. The van der Waals surface area contributed by atoms with Crippen molar-refractivity contribution in [1.29, 1.82) is 0 Å². The minimum absolute atomic E-state index is 0.0186. The SMILES string of the molecule is Cc1ccc2nc(C(=O)N3CCC[C@@H](c4nnc5ccccn45)C3)cn2c1. The molecule has 1 amide bonds. The van der Waals surface area contributed by atoms with Crippen molar-refractivity contribution in [2.75, 3.05) is 13.1 Å². The molecule has 4 aromatic heterocycles. The van der Waals surface area contributed by atoms with Crippen LogP contribution in [0.15, 0.2) is 48.9 Å². The van der Waals surface area contributed by atoms with Gasteiger partial charge in [0.25, 0.3) is 5.91 Å². The lowest BCUT2D eigenvalue weighted by Gasteiger charge is -2.31. The molecule has 1 atom stereocenters. The first-order valence-corrected chi connectivity index (χ1v) is 9.23. The summed E-state index contributed by atoms with van der Waals surface area (Å²) < 4.78 is 3.93. The van der Waals surface area contributed by atoms with Crippen LogP contribution in [0.25, 0.3) is 11.3 Å². The number of nitrogens with zero attached hydrogens (tertiary/aromatic N) is 6. The number of carbonyl (C=O) groups excluding carboxylic acids is 1. The number of piperidine rings is 1. The maximum atomic E-state index is 13.0. The predicted molar refractivity (Wildman–Crippen MR) is 101 cm³/mol. The average molecular weight is 360 g/mol. The van der Waals surface area contributed by atoms with Crippen molar-refractivity contribution >= 4 is 17.2 Å². The van der Waals surface area contributed by atoms with Crippen LogP contribution < -0.4 is 0 Å². The molecule has 5 rings (SSSR count). The number of pyridine rings is 2. The molecule has 1 aliphatic rings. The van der Waals surface area contributed by atoms with Crippen LogP contribution in [0.2, 0.25) is 0 Å². The molecule has 0 aliphatic carbocycles. The van der Waals surface area contributed by atoms with E-state index < -0.39 is 0 Å². The maximum absolute atomic E-state index is 13.0. The fraction of sp³-hybridized carbons (Fsp3) is 0.300. The predicted octanol–water partition coefficient (Wildman–Crippen LogP) is 2.71. The number of fused-ring (bicyclic) bond motifs is 2. The lowest BCUT2D eigenvalue weighted by atomic mass is 9.97. The Morgan fingerprint density at radius 3 is 2.96 bits per heavy atom. The second-order valence-corrected chi connectivity index (χ2v) is 7.18. The molecule has 5 heterocycles. The van der Waals surface area contributed by atoms with Gasteiger partial charge in [0.15, 0.2) is 5.65 Å². The number of likely N-dealkylation sites (tertiary alicyclic amines) is 1. The first-order chi connectivity index (χ1) is 13.2. The van der Waals surface area contributed by atoms with E-state index in [1.807, 2.05) is 69.5 Å². The third-order valence-corrected chi connectivity index (χ3v) is 5.23. The van der Waals surface area contributed by atoms with Gasteiger partial charge in [-0.2, -0.15) is 0 Å². The second kappa shape index (κ2) is 6.19. The van der Waals surface area contributed by atoms with Gasteiger partial charge in [0.05, 0.1) is 0 Å². The third kappa shape index (κ3) is 2.75. The van der Waals surface area contributed by atoms with Crippen molar-refractivity contribution in [2.24, 2.45) is 0 Å². The zero-order chi connectivity index (χ0) is 18.4. The van der Waals surface area contributed by atoms with Gasteiger partial charge in [0, 0.05) is 37.6 Å². The highest BCUT2D eigenvalue weighted by Gasteiger charge is 2.29. The van der Waals surface area contributed by atoms with E-state index in [0.29, 0.717) is 12.2 Å². The van der Waals surface area contributed by atoms with E-state index in [9.17, 15) is 4.79 Å². The summed E-state index contributed by atoms with van der Waals surface area (Å²) in [5.41, 5.74) is 3.26. The Bertz CT molecular complexity index is 1140. The lowest BCUT2D eigenvalue weighted by molar-refractivity contribution is 0.0699. The molecular weight excluding hydrogens is 340 g/mol. The fourth-order valence-electron chi connectivity index (χ4n) is 3.88. The smallest absolute Gasteiger partial charge is 0.274 e. The van der Waals surface area contributed by atoms with Gasteiger partial charge in [-0.1, -0.05) is 12.1 Å². The maximum Gasteiger partial charge on any atom is 0.274 e. The lowest BCUT2D eigenvalue weighted by Crippen LogP contribution is -2.39. The molecule has 136 valence electrons. The van der Waals surface area contributed by atoms with Gasteiger partial charge in [0.1, 0.15) is 17.2 Å². The van der Waals surface area contributed by atoms with Gasteiger partial charge < -0.3 is 9.30 Å². The molecule has 27 heavy (non-hydrogen) atoms. The molecule has 4 aromatic rings. The first kappa shape index (κ1) is 16.0. The van der Waals surface area contributed by atoms with E-state index in [2.05, 4.69) is 15.2 Å². The number of imidazole rings is 1. The topological polar surface area (TPSA) is 67.8 Å². The molecule has 1 saturated heterocycles. The first-order valence-electron chi connectivity index (χ1n) is 9.23. The van der Waals surface area contributed by atoms with Crippen molar-refractivity contribution < 1.29 is 4.79 Å². The molecule has 0 aromatic carbocycles. The molecule has 0 bridgehead atoms. The van der Waals surface area contributed by atoms with E-state index in [0.717, 1.165) is 42.1 Å². The minimum atomic E-state index is -0.0186. The summed E-state index contributed by atoms with van der Waals surface area (Å²) in [6.45, 7) is 3.42. The Labute approximate surface area is 156 Å². The van der Waals surface area contributed by atoms with Crippen LogP contribution in [0.3, 0.4) is 0 Å². The van der Waals surface area contributed by atoms with Gasteiger partial charge in [0.2, 0.25) is 0 Å². The van der Waals surface area contributed by atoms with Crippen molar-refractivity contribution in [3.05, 3.63) is 66.0 Å². The Morgan fingerprint density at radius 1 is 1.11 bits per heavy atom. The Balaban J connectivity index is 1.42. The number of aryl methyl sites for hydroxylation is 1. The van der Waals surface area contributed by atoms with Crippen LogP contribution in [0.1, 0.15) is 40.6 Å². The number of hydrogen-bond acceptors (Lipinski definition) is 4. The molecule has 1 aliphatic heterocycles. The largest absolute Gasteiger partial charge is 0.337 e. The number of hydrogen-bond donors (Lipinski definition) is 0. The van der Waals surface area contributed by atoms with Crippen LogP contribution in [0, 0.1) is 6.92 Å². The summed E-state index contributed by atoms with van der Waals surface area (Å²) in [7, 11) is 0. The summed E-state index contributed by atoms with van der Waals surface area (Å²) in [5, 5.41) is 8.64. The standard InChI is InChI=1S/C20H20N6O/c1-14-7-8-17-21-16(13-25(17)11-14)20(27)24-9-4-5-15(12-24)19-23-22-18-6-2-3-10-26(18)19/h2-3,6-8,10-11,13,15H,4-5,9,12H2,1H3/t15-/m1/s1. The Morgan fingerprint density at radius 2 is 2.04 bits per heavy atom. The van der Waals surface area contributed by atoms with Crippen molar-refractivity contribution in [3.63, 3.8) is 0 Å². The van der Waals surface area contributed by atoms with Gasteiger partial charge >= 0.3 is 0 Å². The molecule has 0 saturated carbocycles. The highest BCUT2D eigenvalue weighted by Crippen LogP contribution is 2.27. The van der Waals surface area contributed by atoms with Gasteiger partial charge in [-0.15, -0.1) is 10.2 Å². The van der Waals surface area contributed by atoms with Crippen LogP contribution >= 0.6 is 0 Å². The molecular formula is C20H20N6O. The summed E-state index contributed by atoms with van der Waals surface area (Å²) in [4.78, 5) is 19.4. The number of carbonyl (C=O) groups is 1. The Hall–Kier alpha value is -3.22. The van der Waals surface area contributed by atoms with E-state index in [4.69, 9.17) is 0 Å². The molecule has 0 N–H and O–H groups in total. The van der Waals surface area contributed by atoms with E-state index in [1.54, 1.807) is 0 Å². The number of rotatable bonds is 2. The fourth-order valence-corrected chi connectivity index (χ4v) is 3.88. The molecule has 0 spiro atoms. The van der Waals surface area contributed by atoms with Crippen molar-refractivity contribution in [1.82, 2.24) is 28.9 Å². The minimum Gasteiger partial charge on any atom is -0.337 e. The van der Waals surface area contributed by atoms with E-state index in [1.165, 1.54) is 0 Å². The average Bonchev–Trinajstić information content (AvgIpc) is 3.31. The van der Waals surface area contributed by atoms with Crippen molar-refractivity contribution in [2.45, 2.75) is 25.7 Å². The van der Waals surface area contributed by atoms with Crippen LogP contribution in [-0.2, 0) is 0 Å². The van der Waals surface area contributed by atoms with Crippen molar-refractivity contribution in [3.8, 4) is 0 Å². The summed E-state index contributed by atoms with van der Waals surface area (Å²) in [6.07, 6.45) is 7.74. The molecule has 7 heteroatoms. The van der Waals surface area contributed by atoms with Gasteiger partial charge in [-0.25, -0.2) is 4.98 Å². The quantitative estimate of drug-likeness (QED) is 0.551. The molecule has 1 fully saturated rings. The van der Waals surface area contributed by atoms with Gasteiger partial charge in [-0.3, -0.25) is 9.20 Å². The second-order valence-electron chi connectivity index (χ2n) is 7.18. The van der Waals surface area contributed by atoms with Crippen LogP contribution in [0.4, 0.5) is 0 Å². The molecule has 7 nitrogen and oxygen atoms in total. The van der Waals surface area contributed by atoms with Gasteiger partial charge in [-0.05, 0) is 43.5 Å². The summed E-state index contributed by atoms with van der Waals surface area (Å²) in [5.74, 6) is 1.09. The number of amides is 1.